The van der Waals surface area contributed by atoms with Crippen LogP contribution in [0.3, 0.4) is 0 Å². The molecular weight excluding hydrogens is 1020 g/mol. The van der Waals surface area contributed by atoms with Crippen molar-refractivity contribution in [1.82, 2.24) is 24.9 Å². The Kier molecular flexibility index (Phi) is 31.6. The van der Waals surface area contributed by atoms with Crippen LogP contribution in [-0.4, -0.2) is 167 Å². The van der Waals surface area contributed by atoms with E-state index in [-0.39, 0.29) is 80.4 Å². The van der Waals surface area contributed by atoms with Crippen molar-refractivity contribution in [3.05, 3.63) is 35.9 Å². The van der Waals surface area contributed by atoms with Gasteiger partial charge in [0.05, 0.1) is 6.61 Å². The SMILES string of the molecule is CC(C)(C)OC(=O)N1CCC(=O)CC1.CC(C)(C)OC(=O)N1CCCC(=O)CC1.CC(C)(C)OC(=O)N1CCCC(NCc2ccccc2)CC1.CCC(=O)N=NC=O.CCOC(=O)C1CCN(C(=O)OC(C)(C)C)CCC1=O. The van der Waals surface area contributed by atoms with Crippen LogP contribution in [0.2, 0.25) is 0 Å². The van der Waals surface area contributed by atoms with Crippen LogP contribution in [0.5, 0.6) is 0 Å². The molecule has 0 saturated carbocycles. The highest BCUT2D eigenvalue weighted by molar-refractivity contribution is 5.99. The van der Waals surface area contributed by atoms with Gasteiger partial charge < -0.3 is 48.6 Å². The Hall–Kier alpha value is -6.32. The average Bonchev–Trinajstić information content (AvgIpc) is 3.82. The van der Waals surface area contributed by atoms with Crippen molar-refractivity contribution in [3.8, 4) is 0 Å². The summed E-state index contributed by atoms with van der Waals surface area (Å²) in [6, 6.07) is 10.9. The van der Waals surface area contributed by atoms with Crippen molar-refractivity contribution in [1.29, 1.82) is 0 Å². The molecule has 1 N–H and O–H groups in total. The third-order valence-electron chi connectivity index (χ3n) is 11.4. The summed E-state index contributed by atoms with van der Waals surface area (Å²) < 4.78 is 26.1. The molecular formula is C57H93N7O15. The summed E-state index contributed by atoms with van der Waals surface area (Å²) in [6.07, 6.45) is 5.51. The highest BCUT2D eigenvalue weighted by Crippen LogP contribution is 2.20. The summed E-state index contributed by atoms with van der Waals surface area (Å²) in [5.41, 5.74) is -0.621. The second kappa shape index (κ2) is 35.3. The summed E-state index contributed by atoms with van der Waals surface area (Å²) in [6.45, 7) is 30.9. The molecule has 1 aromatic rings. The highest BCUT2D eigenvalue weighted by Gasteiger charge is 2.34. The lowest BCUT2D eigenvalue weighted by molar-refractivity contribution is -0.151. The lowest BCUT2D eigenvalue weighted by atomic mass is 10.00. The van der Waals surface area contributed by atoms with Crippen LogP contribution in [-0.2, 0) is 59.0 Å². The third kappa shape index (κ3) is 33.7. The Bertz CT molecular complexity index is 2130. The Morgan fingerprint density at radius 3 is 1.43 bits per heavy atom. The summed E-state index contributed by atoms with van der Waals surface area (Å²) in [5.74, 6) is -1.34. The Morgan fingerprint density at radius 2 is 0.975 bits per heavy atom. The molecule has 2 unspecified atom stereocenters. The van der Waals surface area contributed by atoms with Crippen molar-refractivity contribution >= 4 is 60.0 Å². The van der Waals surface area contributed by atoms with Crippen molar-refractivity contribution in [2.75, 3.05) is 59.0 Å². The van der Waals surface area contributed by atoms with Gasteiger partial charge in [0.1, 0.15) is 45.7 Å². The molecule has 4 aliphatic heterocycles. The van der Waals surface area contributed by atoms with E-state index in [0.717, 1.165) is 45.3 Å². The van der Waals surface area contributed by atoms with Crippen molar-refractivity contribution in [2.45, 2.75) is 203 Å². The third-order valence-corrected chi connectivity index (χ3v) is 11.4. The number of benzene rings is 1. The minimum absolute atomic E-state index is 0.155. The van der Waals surface area contributed by atoms with E-state index in [1.54, 1.807) is 44.4 Å². The Morgan fingerprint density at radius 1 is 0.557 bits per heavy atom. The van der Waals surface area contributed by atoms with Gasteiger partial charge in [0.25, 0.3) is 12.3 Å². The van der Waals surface area contributed by atoms with Gasteiger partial charge in [-0.2, -0.15) is 0 Å². The van der Waals surface area contributed by atoms with Crippen LogP contribution in [0.1, 0.15) is 173 Å². The van der Waals surface area contributed by atoms with Crippen molar-refractivity contribution in [2.24, 2.45) is 16.1 Å². The molecule has 1 aromatic carbocycles. The van der Waals surface area contributed by atoms with E-state index in [0.29, 0.717) is 64.4 Å². The molecule has 0 spiro atoms. The van der Waals surface area contributed by atoms with E-state index in [1.807, 2.05) is 73.3 Å². The van der Waals surface area contributed by atoms with Crippen molar-refractivity contribution < 1.29 is 71.6 Å². The number of ketones is 3. The smallest absolute Gasteiger partial charge is 0.410 e. The molecule has 0 radical (unpaired) electrons. The zero-order chi connectivity index (χ0) is 60.0. The monoisotopic (exact) mass is 1120 g/mol. The number of piperidine rings is 1. The fourth-order valence-corrected chi connectivity index (χ4v) is 7.54. The first kappa shape index (κ1) is 70.7. The van der Waals surface area contributed by atoms with Crippen LogP contribution in [0.15, 0.2) is 40.6 Å². The zero-order valence-electron chi connectivity index (χ0n) is 49.8. The Labute approximate surface area is 468 Å². The summed E-state index contributed by atoms with van der Waals surface area (Å²) >= 11 is 0. The summed E-state index contributed by atoms with van der Waals surface area (Å²) in [7, 11) is 0. The number of esters is 1. The number of likely N-dealkylation sites (tertiary alicyclic amines) is 4. The standard InChI is InChI=1S/C18H28N2O2.C14H23NO5.C11H19NO3.C10H17NO3.C4H6N2O2/c1-18(2,3)22-17(21)20-12-7-10-16(11-13-20)19-14-15-8-5-4-6-9-15;1-5-19-12(17)10-6-8-15(9-7-11(10)16)13(18)20-14(2,3)4;1-11(2,3)15-10(14)12-7-4-5-9(13)6-8-12;1-10(2,3)14-9(13)11-6-4-8(12)5-7-11;1-2-4(8)6-5-3-7/h4-6,8-9,16,19H,7,10-14H2,1-3H3;10H,5-9H2,1-4H3;4-8H2,1-3H3;4-7H2,1-3H3;3H,2H2,1H3. The van der Waals surface area contributed by atoms with E-state index in [1.165, 1.54) is 10.5 Å². The fourth-order valence-electron chi connectivity index (χ4n) is 7.54. The first-order valence-electron chi connectivity index (χ1n) is 27.5. The highest BCUT2D eigenvalue weighted by atomic mass is 16.6. The maximum atomic E-state index is 12.1. The summed E-state index contributed by atoms with van der Waals surface area (Å²) in [5, 5.41) is 9.42. The second-order valence-electron chi connectivity index (χ2n) is 23.2. The van der Waals surface area contributed by atoms with E-state index < -0.39 is 40.4 Å². The van der Waals surface area contributed by atoms with Gasteiger partial charge in [0.15, 0.2) is 0 Å². The molecule has 4 saturated heterocycles. The van der Waals surface area contributed by atoms with Crippen LogP contribution in [0, 0.1) is 5.92 Å². The van der Waals surface area contributed by atoms with Gasteiger partial charge >= 0.3 is 30.3 Å². The van der Waals surface area contributed by atoms with E-state index in [9.17, 15) is 47.9 Å². The molecule has 4 heterocycles. The number of amides is 6. The van der Waals surface area contributed by atoms with Gasteiger partial charge in [-0.3, -0.25) is 28.8 Å². The van der Waals surface area contributed by atoms with Crippen LogP contribution < -0.4 is 5.32 Å². The predicted octanol–water partition coefficient (Wildman–Crippen LogP) is 9.43. The lowest BCUT2D eigenvalue weighted by Crippen LogP contribution is -2.41. The quantitative estimate of drug-likeness (QED) is 0.0875. The molecule has 4 aliphatic rings. The van der Waals surface area contributed by atoms with E-state index in [4.69, 9.17) is 23.7 Å². The van der Waals surface area contributed by atoms with E-state index in [2.05, 4.69) is 39.8 Å². The minimum Gasteiger partial charge on any atom is -0.465 e. The van der Waals surface area contributed by atoms with Gasteiger partial charge in [0, 0.05) is 103 Å². The number of nitrogens with one attached hydrogen (secondary N) is 1. The lowest BCUT2D eigenvalue weighted by Gasteiger charge is -2.29. The number of hydrogen-bond acceptors (Lipinski definition) is 16. The largest absolute Gasteiger partial charge is 0.465 e. The fraction of sp³-hybridized carbons (Fsp3) is 0.719. The zero-order valence-corrected chi connectivity index (χ0v) is 49.8. The molecule has 79 heavy (non-hydrogen) atoms. The number of carbonyl (C=O) groups excluding carboxylic acids is 10. The number of azo groups is 1. The molecule has 446 valence electrons. The van der Waals surface area contributed by atoms with Gasteiger partial charge in [-0.25, -0.2) is 19.2 Å². The molecule has 2 atom stereocenters. The first-order valence-corrected chi connectivity index (χ1v) is 27.5. The second-order valence-corrected chi connectivity index (χ2v) is 23.2. The number of ether oxygens (including phenoxy) is 5. The molecule has 22 heteroatoms. The number of nitrogens with zero attached hydrogens (tertiary/aromatic N) is 6. The maximum absolute atomic E-state index is 12.1. The minimum atomic E-state index is -0.762. The molecule has 22 nitrogen and oxygen atoms in total. The summed E-state index contributed by atoms with van der Waals surface area (Å²) in [4.78, 5) is 119. The van der Waals surface area contributed by atoms with Gasteiger partial charge in [-0.15, -0.1) is 10.2 Å². The normalized spacial score (nSPS) is 18.3. The van der Waals surface area contributed by atoms with Crippen LogP contribution >= 0.6 is 0 Å². The van der Waals surface area contributed by atoms with Gasteiger partial charge in [-0.05, 0) is 128 Å². The van der Waals surface area contributed by atoms with Crippen LogP contribution in [0.4, 0.5) is 19.2 Å². The van der Waals surface area contributed by atoms with Gasteiger partial charge in [0.2, 0.25) is 0 Å². The predicted molar refractivity (Wildman–Crippen MR) is 296 cm³/mol. The molecule has 6 amide bonds. The van der Waals surface area contributed by atoms with E-state index >= 15 is 0 Å². The number of rotatable bonds is 7. The van der Waals surface area contributed by atoms with Crippen molar-refractivity contribution in [3.63, 3.8) is 0 Å². The molecule has 0 bridgehead atoms. The molecule has 0 aliphatic carbocycles. The molecule has 5 rings (SSSR count). The maximum Gasteiger partial charge on any atom is 0.410 e. The van der Waals surface area contributed by atoms with Crippen LogP contribution in [0.25, 0.3) is 0 Å². The number of carbonyl (C=O) groups is 10. The molecule has 0 aromatic heterocycles. The first-order chi connectivity index (χ1) is 36.8. The number of Topliss-reactive ketones (excluding diaryl/α,β-unsaturated/α-hetero) is 3. The topological polar surface area (TPSA) is 267 Å². The van der Waals surface area contributed by atoms with Gasteiger partial charge in [-0.1, -0.05) is 37.3 Å². The molecule has 4 fully saturated rings. The Balaban J connectivity index is 0.000000510. The number of hydrogen-bond donors (Lipinski definition) is 1. The average molecular weight is 1120 g/mol.